The Balaban J connectivity index is 1.65. The number of nitrogens with zero attached hydrogens (tertiary/aromatic N) is 4. The van der Waals surface area contributed by atoms with Crippen molar-refractivity contribution in [3.63, 3.8) is 0 Å². The van der Waals surface area contributed by atoms with E-state index in [1.165, 1.54) is 9.47 Å². The normalized spacial score (nSPS) is 24.0. The third-order valence-corrected chi connectivity index (χ3v) is 4.64. The first-order valence-corrected chi connectivity index (χ1v) is 7.80. The van der Waals surface area contributed by atoms with Gasteiger partial charge in [0, 0.05) is 58.5 Å². The quantitative estimate of drug-likeness (QED) is 0.809. The molecule has 2 saturated heterocycles. The van der Waals surface area contributed by atoms with Crippen LogP contribution in [0.15, 0.2) is 17.2 Å². The largest absolute Gasteiger partial charge is 0.351 e. The van der Waals surface area contributed by atoms with Crippen LogP contribution in [-0.4, -0.2) is 52.5 Å². The van der Waals surface area contributed by atoms with Crippen molar-refractivity contribution in [2.75, 3.05) is 31.1 Å². The Morgan fingerprint density at radius 1 is 1.30 bits per heavy atom. The van der Waals surface area contributed by atoms with Crippen LogP contribution in [0.3, 0.4) is 0 Å². The fraction of sp³-hybridized carbons (Fsp3) is 0.667. The average Bonchev–Trinajstić information content (AvgIpc) is 2.99. The van der Waals surface area contributed by atoms with E-state index < -0.39 is 5.92 Å². The van der Waals surface area contributed by atoms with E-state index in [2.05, 4.69) is 4.98 Å². The lowest BCUT2D eigenvalue weighted by Crippen LogP contribution is -2.45. The van der Waals surface area contributed by atoms with E-state index >= 15 is 0 Å². The van der Waals surface area contributed by atoms with Gasteiger partial charge in [0.15, 0.2) is 5.82 Å². The fourth-order valence-electron chi connectivity index (χ4n) is 3.17. The Labute approximate surface area is 132 Å². The average molecular weight is 326 g/mol. The molecule has 0 radical (unpaired) electrons. The van der Waals surface area contributed by atoms with E-state index in [1.54, 1.807) is 19.4 Å². The van der Waals surface area contributed by atoms with Crippen molar-refractivity contribution in [1.29, 1.82) is 0 Å². The molecule has 2 aliphatic heterocycles. The van der Waals surface area contributed by atoms with Gasteiger partial charge >= 0.3 is 0 Å². The summed E-state index contributed by atoms with van der Waals surface area (Å²) in [4.78, 5) is 32.0. The molecule has 1 amide bonds. The molecule has 6 nitrogen and oxygen atoms in total. The van der Waals surface area contributed by atoms with Crippen molar-refractivity contribution in [2.24, 2.45) is 13.0 Å². The number of aryl methyl sites for hydroxylation is 1. The van der Waals surface area contributed by atoms with Crippen molar-refractivity contribution >= 4 is 11.7 Å². The summed E-state index contributed by atoms with van der Waals surface area (Å²) < 4.78 is 27.8. The van der Waals surface area contributed by atoms with E-state index in [1.807, 2.05) is 4.90 Å². The van der Waals surface area contributed by atoms with Crippen LogP contribution in [-0.2, 0) is 11.8 Å². The standard InChI is InChI=1S/C15H20F2N4O2/c1-19-9-5-18-12(14(19)23)21-6-2-11(10-21)13(22)20-7-3-15(16,17)4-8-20/h5,9,11H,2-4,6-8,10H2,1H3. The summed E-state index contributed by atoms with van der Waals surface area (Å²) >= 11 is 0. The second kappa shape index (κ2) is 5.90. The predicted molar refractivity (Wildman–Crippen MR) is 80.6 cm³/mol. The van der Waals surface area contributed by atoms with Crippen LogP contribution in [0.1, 0.15) is 19.3 Å². The van der Waals surface area contributed by atoms with E-state index in [0.717, 1.165) is 0 Å². The van der Waals surface area contributed by atoms with Crippen molar-refractivity contribution in [1.82, 2.24) is 14.5 Å². The van der Waals surface area contributed by atoms with Crippen LogP contribution in [0, 0.1) is 5.92 Å². The van der Waals surface area contributed by atoms with Crippen LogP contribution in [0.5, 0.6) is 0 Å². The van der Waals surface area contributed by atoms with E-state index in [4.69, 9.17) is 0 Å². The minimum Gasteiger partial charge on any atom is -0.351 e. The molecule has 0 aliphatic carbocycles. The number of rotatable bonds is 2. The maximum atomic E-state index is 13.2. The molecule has 0 saturated carbocycles. The first-order valence-electron chi connectivity index (χ1n) is 7.80. The lowest BCUT2D eigenvalue weighted by molar-refractivity contribution is -0.140. The number of carbonyl (C=O) groups is 1. The van der Waals surface area contributed by atoms with E-state index in [9.17, 15) is 18.4 Å². The van der Waals surface area contributed by atoms with Gasteiger partial charge in [-0.3, -0.25) is 9.59 Å². The van der Waals surface area contributed by atoms with Crippen molar-refractivity contribution in [3.8, 4) is 0 Å². The summed E-state index contributed by atoms with van der Waals surface area (Å²) in [6, 6.07) is 0. The molecule has 1 aromatic heterocycles. The zero-order valence-corrected chi connectivity index (χ0v) is 13.0. The highest BCUT2D eigenvalue weighted by Gasteiger charge is 2.39. The summed E-state index contributed by atoms with van der Waals surface area (Å²) in [6.07, 6.45) is 3.22. The number of anilines is 1. The van der Waals surface area contributed by atoms with Gasteiger partial charge in [-0.25, -0.2) is 13.8 Å². The van der Waals surface area contributed by atoms with Gasteiger partial charge in [-0.15, -0.1) is 0 Å². The molecule has 126 valence electrons. The molecule has 8 heteroatoms. The van der Waals surface area contributed by atoms with Crippen LogP contribution >= 0.6 is 0 Å². The zero-order valence-electron chi connectivity index (χ0n) is 13.0. The third-order valence-electron chi connectivity index (χ3n) is 4.64. The van der Waals surface area contributed by atoms with Gasteiger partial charge in [-0.05, 0) is 6.42 Å². The maximum absolute atomic E-state index is 13.2. The van der Waals surface area contributed by atoms with Crippen LogP contribution < -0.4 is 10.5 Å². The Bertz CT molecular complexity index is 651. The van der Waals surface area contributed by atoms with Gasteiger partial charge in [0.2, 0.25) is 5.91 Å². The van der Waals surface area contributed by atoms with Crippen molar-refractivity contribution in [3.05, 3.63) is 22.7 Å². The highest BCUT2D eigenvalue weighted by molar-refractivity contribution is 5.80. The Morgan fingerprint density at radius 2 is 2.00 bits per heavy atom. The minimum atomic E-state index is -2.65. The van der Waals surface area contributed by atoms with Crippen LogP contribution in [0.4, 0.5) is 14.6 Å². The lowest BCUT2D eigenvalue weighted by Gasteiger charge is -2.33. The van der Waals surface area contributed by atoms with Gasteiger partial charge in [0.1, 0.15) is 0 Å². The number of carbonyl (C=O) groups excluding carboxylic acids is 1. The van der Waals surface area contributed by atoms with Gasteiger partial charge in [-0.1, -0.05) is 0 Å². The smallest absolute Gasteiger partial charge is 0.293 e. The monoisotopic (exact) mass is 326 g/mol. The summed E-state index contributed by atoms with van der Waals surface area (Å²) in [6.45, 7) is 1.20. The van der Waals surface area contributed by atoms with Crippen molar-refractivity contribution < 1.29 is 13.6 Å². The van der Waals surface area contributed by atoms with Crippen LogP contribution in [0.25, 0.3) is 0 Å². The second-order valence-corrected chi connectivity index (χ2v) is 6.28. The summed E-state index contributed by atoms with van der Waals surface area (Å²) in [7, 11) is 1.65. The van der Waals surface area contributed by atoms with Crippen LogP contribution in [0.2, 0.25) is 0 Å². The molecule has 1 aromatic rings. The molecule has 0 N–H and O–H groups in total. The molecule has 2 aliphatic rings. The van der Waals surface area contributed by atoms with E-state index in [-0.39, 0.29) is 43.3 Å². The SMILES string of the molecule is Cn1ccnc(N2CCC(C(=O)N3CCC(F)(F)CC3)C2)c1=O. The third kappa shape index (κ3) is 3.20. The fourth-order valence-corrected chi connectivity index (χ4v) is 3.17. The highest BCUT2D eigenvalue weighted by Crippen LogP contribution is 2.29. The maximum Gasteiger partial charge on any atom is 0.293 e. The molecule has 3 heterocycles. The molecule has 2 fully saturated rings. The first-order chi connectivity index (χ1) is 10.9. The zero-order chi connectivity index (χ0) is 16.6. The number of halogens is 2. The molecule has 1 unspecified atom stereocenters. The molecule has 1 atom stereocenters. The Morgan fingerprint density at radius 3 is 2.70 bits per heavy atom. The van der Waals surface area contributed by atoms with Crippen molar-refractivity contribution in [2.45, 2.75) is 25.2 Å². The Kier molecular flexibility index (Phi) is 4.08. The van der Waals surface area contributed by atoms with E-state index in [0.29, 0.717) is 25.3 Å². The number of likely N-dealkylation sites (tertiary alicyclic amines) is 1. The second-order valence-electron chi connectivity index (χ2n) is 6.28. The molecule has 0 bridgehead atoms. The number of hydrogen-bond donors (Lipinski definition) is 0. The molecule has 23 heavy (non-hydrogen) atoms. The number of hydrogen-bond acceptors (Lipinski definition) is 4. The van der Waals surface area contributed by atoms with Gasteiger partial charge < -0.3 is 14.4 Å². The summed E-state index contributed by atoms with van der Waals surface area (Å²) in [5.41, 5.74) is -0.196. The molecule has 0 aromatic carbocycles. The molecular weight excluding hydrogens is 306 g/mol. The molecule has 0 spiro atoms. The molecular formula is C15H20F2N4O2. The summed E-state index contributed by atoms with van der Waals surface area (Å²) in [5.74, 6) is -2.65. The topological polar surface area (TPSA) is 58.4 Å². The first kappa shape index (κ1) is 15.9. The predicted octanol–water partition coefficient (Wildman–Crippen LogP) is 0.864. The van der Waals surface area contributed by atoms with Gasteiger partial charge in [0.05, 0.1) is 5.92 Å². The number of piperidine rings is 1. The highest BCUT2D eigenvalue weighted by atomic mass is 19.3. The summed E-state index contributed by atoms with van der Waals surface area (Å²) in [5, 5.41) is 0. The Hall–Kier alpha value is -1.99. The van der Waals surface area contributed by atoms with Gasteiger partial charge in [0.25, 0.3) is 11.5 Å². The number of aromatic nitrogens is 2. The lowest BCUT2D eigenvalue weighted by atomic mass is 10.0. The minimum absolute atomic E-state index is 0.0873. The van der Waals surface area contributed by atoms with Gasteiger partial charge in [-0.2, -0.15) is 0 Å². The number of amides is 1. The number of alkyl halides is 2. The molecule has 3 rings (SSSR count).